The second-order valence-corrected chi connectivity index (χ2v) is 8.57. The van der Waals surface area contributed by atoms with Crippen molar-refractivity contribution in [1.29, 1.82) is 5.26 Å². The molecule has 11 heteroatoms. The molecule has 3 N–H and O–H groups in total. The summed E-state index contributed by atoms with van der Waals surface area (Å²) in [5.41, 5.74) is 2.51. The third-order valence-corrected chi connectivity index (χ3v) is 5.92. The number of fused-ring (bicyclic) bond motifs is 1. The monoisotopic (exact) mass is 491 g/mol. The fourth-order valence-electron chi connectivity index (χ4n) is 4.07. The van der Waals surface area contributed by atoms with E-state index in [0.29, 0.717) is 29.3 Å². The van der Waals surface area contributed by atoms with Crippen LogP contribution in [-0.2, 0) is 0 Å². The minimum absolute atomic E-state index is 0.0712. The Balaban J connectivity index is 1.52. The lowest BCUT2D eigenvalue weighted by atomic mass is 10.2. The Bertz CT molecular complexity index is 1310. The number of nitriles is 1. The quantitative estimate of drug-likeness (QED) is 0.311. The number of piperazine rings is 1. The van der Waals surface area contributed by atoms with Gasteiger partial charge in [-0.05, 0) is 38.8 Å². The van der Waals surface area contributed by atoms with E-state index < -0.39 is 5.82 Å². The smallest absolute Gasteiger partial charge is 0.181 e. The van der Waals surface area contributed by atoms with E-state index in [9.17, 15) is 4.39 Å². The van der Waals surface area contributed by atoms with Gasteiger partial charge in [0.1, 0.15) is 11.7 Å². The molecule has 0 bridgehead atoms. The number of aliphatic imine (C=N–C) groups is 2. The molecule has 4 rings (SSSR count). The molecule has 0 amide bonds. The molecule has 3 heterocycles. The lowest BCUT2D eigenvalue weighted by molar-refractivity contribution is 0.185. The molecule has 2 aromatic heterocycles. The molecule has 1 aliphatic rings. The summed E-state index contributed by atoms with van der Waals surface area (Å²) in [6.07, 6.45) is 2.28. The second kappa shape index (κ2) is 11.5. The SMILES string of the molecule is C=N/C(=C\C(=N/COc1ccc2[nH]c(C)cc2c1F)N1CCN(CCC#N)CC1)Nc1cc(C)[nH]n1. The number of amidine groups is 1. The van der Waals surface area contributed by atoms with Crippen LogP contribution >= 0.6 is 0 Å². The van der Waals surface area contributed by atoms with Crippen molar-refractivity contribution in [3.05, 3.63) is 53.4 Å². The average Bonchev–Trinajstić information content (AvgIpc) is 3.47. The normalized spacial score (nSPS) is 15.2. The highest BCUT2D eigenvalue weighted by Gasteiger charge is 2.19. The maximum atomic E-state index is 14.9. The van der Waals surface area contributed by atoms with E-state index in [1.165, 1.54) is 0 Å². The van der Waals surface area contributed by atoms with Crippen molar-refractivity contribution in [2.45, 2.75) is 20.3 Å². The molecule has 0 atom stereocenters. The van der Waals surface area contributed by atoms with Gasteiger partial charge in [-0.15, -0.1) is 0 Å². The van der Waals surface area contributed by atoms with Crippen LogP contribution in [0.1, 0.15) is 17.8 Å². The maximum Gasteiger partial charge on any atom is 0.181 e. The summed E-state index contributed by atoms with van der Waals surface area (Å²) in [7, 11) is 0. The largest absolute Gasteiger partial charge is 0.468 e. The zero-order chi connectivity index (χ0) is 25.5. The summed E-state index contributed by atoms with van der Waals surface area (Å²) >= 11 is 0. The van der Waals surface area contributed by atoms with Crippen LogP contribution in [0.5, 0.6) is 5.75 Å². The van der Waals surface area contributed by atoms with Crippen LogP contribution < -0.4 is 10.1 Å². The lowest BCUT2D eigenvalue weighted by Crippen LogP contribution is -2.48. The standard InChI is InChI=1S/C25H30FN9O/c1-17-13-19-20(30-17)5-6-21(25(19)26)36-16-29-24(35-11-9-34(10-12-35)8-4-7-27)15-22(28-3)31-23-14-18(2)32-33-23/h5-6,13-15,30H,3-4,8-12,16H2,1-2H3,(H2,31,32,33)/b22-15+,29-24+. The number of nitrogens with one attached hydrogen (secondary N) is 3. The number of nitrogens with zero attached hydrogens (tertiary/aromatic N) is 6. The Morgan fingerprint density at radius 1 is 1.28 bits per heavy atom. The van der Waals surface area contributed by atoms with Crippen LogP contribution in [-0.4, -0.2) is 77.0 Å². The zero-order valence-corrected chi connectivity index (χ0v) is 20.5. The Morgan fingerprint density at radius 2 is 2.08 bits per heavy atom. The van der Waals surface area contributed by atoms with E-state index in [1.54, 1.807) is 24.3 Å². The van der Waals surface area contributed by atoms with Crippen LogP contribution in [0.3, 0.4) is 0 Å². The van der Waals surface area contributed by atoms with Gasteiger partial charge in [0.25, 0.3) is 0 Å². The molecule has 3 aromatic rings. The summed E-state index contributed by atoms with van der Waals surface area (Å²) < 4.78 is 20.7. The molecule has 0 spiro atoms. The van der Waals surface area contributed by atoms with Crippen LogP contribution in [0.15, 0.2) is 46.1 Å². The summed E-state index contributed by atoms with van der Waals surface area (Å²) in [6.45, 7) is 11.2. The number of anilines is 1. The highest BCUT2D eigenvalue weighted by molar-refractivity contribution is 5.94. The lowest BCUT2D eigenvalue weighted by Gasteiger charge is -2.35. The summed E-state index contributed by atoms with van der Waals surface area (Å²) in [5.74, 6) is 1.44. The highest BCUT2D eigenvalue weighted by Crippen LogP contribution is 2.27. The number of aryl methyl sites for hydroxylation is 2. The van der Waals surface area contributed by atoms with E-state index in [4.69, 9.17) is 10.00 Å². The van der Waals surface area contributed by atoms with E-state index in [0.717, 1.165) is 49.6 Å². The summed E-state index contributed by atoms with van der Waals surface area (Å²) in [5, 5.41) is 19.5. The summed E-state index contributed by atoms with van der Waals surface area (Å²) in [6, 6.07) is 9.20. The van der Waals surface area contributed by atoms with Crippen molar-refractivity contribution in [2.24, 2.45) is 9.98 Å². The molecular weight excluding hydrogens is 461 g/mol. The van der Waals surface area contributed by atoms with Crippen LogP contribution in [0.25, 0.3) is 10.9 Å². The number of aromatic amines is 2. The fraction of sp³-hybridized carbons (Fsp3) is 0.360. The minimum atomic E-state index is -0.417. The predicted molar refractivity (Wildman–Crippen MR) is 139 cm³/mol. The molecule has 1 aliphatic heterocycles. The van der Waals surface area contributed by atoms with E-state index in [1.807, 2.05) is 19.9 Å². The maximum absolute atomic E-state index is 14.9. The van der Waals surface area contributed by atoms with Gasteiger partial charge < -0.3 is 19.9 Å². The number of halogens is 1. The molecule has 0 radical (unpaired) electrons. The van der Waals surface area contributed by atoms with Crippen molar-refractivity contribution >= 4 is 29.3 Å². The first-order chi connectivity index (χ1) is 17.5. The van der Waals surface area contributed by atoms with Gasteiger partial charge in [-0.2, -0.15) is 10.4 Å². The Labute approximate surface area is 209 Å². The third-order valence-electron chi connectivity index (χ3n) is 5.92. The Hall–Kier alpha value is -4.17. The number of rotatable bonds is 9. The van der Waals surface area contributed by atoms with Crippen molar-refractivity contribution in [3.8, 4) is 11.8 Å². The summed E-state index contributed by atoms with van der Waals surface area (Å²) in [4.78, 5) is 16.2. The van der Waals surface area contributed by atoms with E-state index in [-0.39, 0.29) is 12.5 Å². The average molecular weight is 492 g/mol. The molecule has 188 valence electrons. The van der Waals surface area contributed by atoms with Gasteiger partial charge in [0.2, 0.25) is 0 Å². The van der Waals surface area contributed by atoms with Crippen molar-refractivity contribution in [3.63, 3.8) is 0 Å². The third kappa shape index (κ3) is 6.09. The van der Waals surface area contributed by atoms with Gasteiger partial charge in [0, 0.05) is 73.6 Å². The number of hydrogen-bond donors (Lipinski definition) is 3. The van der Waals surface area contributed by atoms with Crippen LogP contribution in [0.4, 0.5) is 10.2 Å². The number of H-pyrrole nitrogens is 2. The molecule has 0 unspecified atom stereocenters. The van der Waals surface area contributed by atoms with Gasteiger partial charge >= 0.3 is 0 Å². The second-order valence-electron chi connectivity index (χ2n) is 8.57. The number of ether oxygens (including phenoxy) is 1. The van der Waals surface area contributed by atoms with Crippen LogP contribution in [0, 0.1) is 31.0 Å². The number of benzene rings is 1. The topological polar surface area (TPSA) is 121 Å². The Kier molecular flexibility index (Phi) is 7.97. The van der Waals surface area contributed by atoms with Gasteiger partial charge in [-0.1, -0.05) is 0 Å². The minimum Gasteiger partial charge on any atom is -0.468 e. The molecule has 1 aromatic carbocycles. The van der Waals surface area contributed by atoms with Gasteiger partial charge in [0.15, 0.2) is 24.1 Å². The molecule has 36 heavy (non-hydrogen) atoms. The van der Waals surface area contributed by atoms with E-state index in [2.05, 4.69) is 53.1 Å². The van der Waals surface area contributed by atoms with Crippen LogP contribution in [0.2, 0.25) is 0 Å². The van der Waals surface area contributed by atoms with Crippen molar-refractivity contribution in [2.75, 3.05) is 44.8 Å². The fourth-order valence-corrected chi connectivity index (χ4v) is 4.07. The molecule has 0 aliphatic carbocycles. The zero-order valence-electron chi connectivity index (χ0n) is 20.5. The van der Waals surface area contributed by atoms with Crippen molar-refractivity contribution < 1.29 is 9.13 Å². The van der Waals surface area contributed by atoms with Crippen molar-refractivity contribution in [1.82, 2.24) is 25.0 Å². The molecular formula is C25H30FN9O. The van der Waals surface area contributed by atoms with Gasteiger partial charge in [-0.25, -0.2) is 14.4 Å². The first-order valence-electron chi connectivity index (χ1n) is 11.7. The first kappa shape index (κ1) is 24.9. The number of aromatic nitrogens is 3. The van der Waals surface area contributed by atoms with Gasteiger partial charge in [0.05, 0.1) is 6.07 Å². The molecule has 1 fully saturated rings. The highest BCUT2D eigenvalue weighted by atomic mass is 19.1. The van der Waals surface area contributed by atoms with Gasteiger partial charge in [-0.3, -0.25) is 10.00 Å². The van der Waals surface area contributed by atoms with E-state index >= 15 is 0 Å². The predicted octanol–water partition coefficient (Wildman–Crippen LogP) is 3.57. The molecule has 10 nitrogen and oxygen atoms in total. The molecule has 1 saturated heterocycles. The Morgan fingerprint density at radius 3 is 2.78 bits per heavy atom. The number of hydrogen-bond acceptors (Lipinski definition) is 7. The first-order valence-corrected chi connectivity index (χ1v) is 11.7. The molecule has 0 saturated carbocycles.